The highest BCUT2D eigenvalue weighted by atomic mass is 16.7. The van der Waals surface area contributed by atoms with E-state index in [2.05, 4.69) is 0 Å². The molecule has 1 amide bonds. The Morgan fingerprint density at radius 3 is 2.62 bits per heavy atom. The van der Waals surface area contributed by atoms with Crippen LogP contribution >= 0.6 is 0 Å². The second kappa shape index (κ2) is 6.31. The molecule has 3 aromatic rings. The molecule has 6 nitrogen and oxygen atoms in total. The van der Waals surface area contributed by atoms with Crippen LogP contribution in [0.2, 0.25) is 0 Å². The van der Waals surface area contributed by atoms with Crippen LogP contribution in [0.5, 0.6) is 5.75 Å². The number of hydrogen-bond donors (Lipinski definition) is 0. The summed E-state index contributed by atoms with van der Waals surface area (Å²) < 4.78 is 6.98. The van der Waals surface area contributed by atoms with Gasteiger partial charge in [0.2, 0.25) is 0 Å². The Morgan fingerprint density at radius 2 is 1.88 bits per heavy atom. The number of aromatic nitrogens is 1. The van der Waals surface area contributed by atoms with E-state index in [4.69, 9.17) is 9.57 Å². The zero-order valence-corrected chi connectivity index (χ0v) is 14.5. The van der Waals surface area contributed by atoms with Gasteiger partial charge in [0.1, 0.15) is 11.8 Å². The summed E-state index contributed by atoms with van der Waals surface area (Å²) in [6.07, 6.45) is 0.00381. The van der Waals surface area contributed by atoms with Crippen LogP contribution in [0.15, 0.2) is 54.6 Å². The van der Waals surface area contributed by atoms with Gasteiger partial charge in [0.25, 0.3) is 0 Å². The molecule has 132 valence electrons. The van der Waals surface area contributed by atoms with Gasteiger partial charge in [-0.25, -0.2) is 4.79 Å². The molecular weight excluding hydrogens is 332 g/mol. The maximum Gasteiger partial charge on any atom is 0.353 e. The molecule has 4 rings (SSSR count). The van der Waals surface area contributed by atoms with Crippen molar-refractivity contribution in [2.45, 2.75) is 19.4 Å². The molecule has 1 aliphatic rings. The van der Waals surface area contributed by atoms with Crippen molar-refractivity contribution in [2.75, 3.05) is 7.11 Å². The van der Waals surface area contributed by atoms with Gasteiger partial charge in [-0.1, -0.05) is 30.3 Å². The van der Waals surface area contributed by atoms with E-state index in [0.29, 0.717) is 5.75 Å². The zero-order valence-electron chi connectivity index (χ0n) is 14.5. The lowest BCUT2D eigenvalue weighted by Crippen LogP contribution is -2.30. The molecule has 6 heteroatoms. The fourth-order valence-corrected chi connectivity index (χ4v) is 3.42. The Kier molecular flexibility index (Phi) is 3.97. The lowest BCUT2D eigenvalue weighted by atomic mass is 10.1. The average Bonchev–Trinajstić information content (AvgIpc) is 3.13. The molecule has 2 heterocycles. The van der Waals surface area contributed by atoms with Gasteiger partial charge in [0.05, 0.1) is 24.7 Å². The Morgan fingerprint density at radius 1 is 1.12 bits per heavy atom. The maximum absolute atomic E-state index is 12.8. The number of ether oxygens (including phenoxy) is 1. The molecule has 0 saturated heterocycles. The fourth-order valence-electron chi connectivity index (χ4n) is 3.42. The standard InChI is InChI=1S/C20H18N2O4/c1-13-7-6-10-16-15(13)11-17-18(22(25-2)20(24)21(16)17)12-19(23)26-14-8-4-3-5-9-14/h3-11,18H,12H2,1-2H3. The first-order valence-electron chi connectivity index (χ1n) is 8.34. The first kappa shape index (κ1) is 16.4. The number of carbonyl (C=O) groups excluding carboxylic acids is 2. The topological polar surface area (TPSA) is 60.8 Å². The first-order chi connectivity index (χ1) is 12.6. The van der Waals surface area contributed by atoms with Crippen molar-refractivity contribution in [2.24, 2.45) is 0 Å². The largest absolute Gasteiger partial charge is 0.426 e. The minimum absolute atomic E-state index is 0.00381. The number of amides is 1. The highest BCUT2D eigenvalue weighted by molar-refractivity contribution is 5.96. The minimum Gasteiger partial charge on any atom is -0.426 e. The smallest absolute Gasteiger partial charge is 0.353 e. The van der Waals surface area contributed by atoms with Crippen LogP contribution < -0.4 is 4.74 Å². The van der Waals surface area contributed by atoms with Crippen molar-refractivity contribution in [1.29, 1.82) is 0 Å². The highest BCUT2D eigenvalue weighted by Gasteiger charge is 2.40. The second-order valence-electron chi connectivity index (χ2n) is 6.21. The number of hydrogen-bond acceptors (Lipinski definition) is 4. The number of esters is 1. The molecule has 0 bridgehead atoms. The Bertz CT molecular complexity index is 994. The van der Waals surface area contributed by atoms with Gasteiger partial charge in [-0.05, 0) is 36.8 Å². The summed E-state index contributed by atoms with van der Waals surface area (Å²) >= 11 is 0. The number of fused-ring (bicyclic) bond motifs is 3. The zero-order chi connectivity index (χ0) is 18.3. The predicted octanol–water partition coefficient (Wildman–Crippen LogP) is 3.83. The number of para-hydroxylation sites is 1. The van der Waals surface area contributed by atoms with Crippen LogP contribution in [0.1, 0.15) is 23.7 Å². The van der Waals surface area contributed by atoms with Crippen LogP contribution in [-0.4, -0.2) is 28.7 Å². The molecule has 0 aliphatic carbocycles. The van der Waals surface area contributed by atoms with Crippen LogP contribution in [-0.2, 0) is 9.63 Å². The van der Waals surface area contributed by atoms with E-state index < -0.39 is 12.0 Å². The van der Waals surface area contributed by atoms with E-state index in [1.807, 2.05) is 37.3 Å². The summed E-state index contributed by atoms with van der Waals surface area (Å²) in [5, 5.41) is 2.22. The molecule has 0 saturated carbocycles. The van der Waals surface area contributed by atoms with E-state index in [0.717, 1.165) is 22.2 Å². The van der Waals surface area contributed by atoms with Crippen molar-refractivity contribution in [3.8, 4) is 5.75 Å². The molecule has 1 atom stereocenters. The van der Waals surface area contributed by atoms with E-state index >= 15 is 0 Å². The van der Waals surface area contributed by atoms with Gasteiger partial charge in [-0.2, -0.15) is 5.06 Å². The molecule has 1 aromatic heterocycles. The predicted molar refractivity (Wildman–Crippen MR) is 95.8 cm³/mol. The van der Waals surface area contributed by atoms with Crippen molar-refractivity contribution in [3.05, 3.63) is 65.9 Å². The summed E-state index contributed by atoms with van der Waals surface area (Å²) in [5.41, 5.74) is 2.61. The number of hydroxylamine groups is 2. The van der Waals surface area contributed by atoms with Crippen LogP contribution in [0.3, 0.4) is 0 Å². The van der Waals surface area contributed by atoms with Gasteiger partial charge in [-0.3, -0.25) is 14.2 Å². The molecule has 1 aliphatic heterocycles. The number of nitrogens with zero attached hydrogens (tertiary/aromatic N) is 2. The second-order valence-corrected chi connectivity index (χ2v) is 6.21. The van der Waals surface area contributed by atoms with E-state index in [-0.39, 0.29) is 12.5 Å². The maximum atomic E-state index is 12.8. The number of carbonyl (C=O) groups is 2. The number of aryl methyl sites for hydroxylation is 1. The molecule has 0 N–H and O–H groups in total. The highest BCUT2D eigenvalue weighted by Crippen LogP contribution is 2.38. The Balaban J connectivity index is 1.68. The summed E-state index contributed by atoms with van der Waals surface area (Å²) in [4.78, 5) is 30.4. The Hall–Kier alpha value is -3.12. The third kappa shape index (κ3) is 2.55. The summed E-state index contributed by atoms with van der Waals surface area (Å²) in [6.45, 7) is 2.00. The van der Waals surface area contributed by atoms with Crippen LogP contribution in [0.4, 0.5) is 4.79 Å². The van der Waals surface area contributed by atoms with Crippen LogP contribution in [0.25, 0.3) is 10.9 Å². The number of benzene rings is 2. The summed E-state index contributed by atoms with van der Waals surface area (Å²) in [6, 6.07) is 15.8. The first-order valence-corrected chi connectivity index (χ1v) is 8.34. The van der Waals surface area contributed by atoms with Gasteiger partial charge in [0, 0.05) is 5.39 Å². The van der Waals surface area contributed by atoms with Crippen molar-refractivity contribution >= 4 is 22.9 Å². The van der Waals surface area contributed by atoms with Gasteiger partial charge in [-0.15, -0.1) is 0 Å². The van der Waals surface area contributed by atoms with Crippen LogP contribution in [0, 0.1) is 6.92 Å². The van der Waals surface area contributed by atoms with E-state index in [1.54, 1.807) is 28.8 Å². The van der Waals surface area contributed by atoms with E-state index in [9.17, 15) is 9.59 Å². The number of rotatable bonds is 4. The molecule has 2 aromatic carbocycles. The lowest BCUT2D eigenvalue weighted by molar-refractivity contribution is -0.143. The van der Waals surface area contributed by atoms with Crippen molar-refractivity contribution in [1.82, 2.24) is 9.63 Å². The summed E-state index contributed by atoms with van der Waals surface area (Å²) in [7, 11) is 1.42. The average molecular weight is 350 g/mol. The Labute approximate surface area is 150 Å². The minimum atomic E-state index is -0.532. The SMILES string of the molecule is CON1C(=O)n2c(cc3c(C)cccc32)C1CC(=O)Oc1ccccc1. The van der Waals surface area contributed by atoms with Gasteiger partial charge in [0.15, 0.2) is 0 Å². The summed E-state index contributed by atoms with van der Waals surface area (Å²) in [5.74, 6) is 0.0497. The molecule has 1 unspecified atom stereocenters. The molecular formula is C20H18N2O4. The van der Waals surface area contributed by atoms with Crippen molar-refractivity contribution < 1.29 is 19.2 Å². The molecule has 0 fully saturated rings. The normalized spacial score (nSPS) is 16.2. The third-order valence-corrected chi connectivity index (χ3v) is 4.63. The monoisotopic (exact) mass is 350 g/mol. The fraction of sp³-hybridized carbons (Fsp3) is 0.200. The van der Waals surface area contributed by atoms with Gasteiger partial charge >= 0.3 is 12.0 Å². The quantitative estimate of drug-likeness (QED) is 0.530. The molecule has 0 spiro atoms. The third-order valence-electron chi connectivity index (χ3n) is 4.63. The van der Waals surface area contributed by atoms with Crippen molar-refractivity contribution in [3.63, 3.8) is 0 Å². The van der Waals surface area contributed by atoms with Gasteiger partial charge < -0.3 is 4.74 Å². The molecule has 26 heavy (non-hydrogen) atoms. The molecule has 0 radical (unpaired) electrons. The van der Waals surface area contributed by atoms with E-state index in [1.165, 1.54) is 12.2 Å². The lowest BCUT2D eigenvalue weighted by Gasteiger charge is -2.20.